The smallest absolute Gasteiger partial charge is 0.159 e. The van der Waals surface area contributed by atoms with E-state index in [1.54, 1.807) is 19.4 Å². The summed E-state index contributed by atoms with van der Waals surface area (Å²) in [6, 6.07) is 7.55. The van der Waals surface area contributed by atoms with E-state index in [1.165, 1.54) is 6.07 Å². The van der Waals surface area contributed by atoms with Crippen molar-refractivity contribution in [3.05, 3.63) is 65.5 Å². The van der Waals surface area contributed by atoms with Gasteiger partial charge in [0.1, 0.15) is 6.61 Å². The number of hydrogen-bond acceptors (Lipinski definition) is 4. The van der Waals surface area contributed by atoms with Gasteiger partial charge in [0.15, 0.2) is 11.6 Å². The van der Waals surface area contributed by atoms with Crippen molar-refractivity contribution in [2.45, 2.75) is 37.7 Å². The van der Waals surface area contributed by atoms with Crippen molar-refractivity contribution in [2.24, 2.45) is 5.16 Å². The van der Waals surface area contributed by atoms with Gasteiger partial charge in [0.25, 0.3) is 0 Å². The zero-order valence-electron chi connectivity index (χ0n) is 15.0. The molecule has 1 atom stereocenters. The SMILES string of the molecule is CNC(=S)C1(c2cccnc2)CCCC/C1=N/OCc1ccc(F)c(F)c1. The molecule has 0 saturated heterocycles. The lowest BCUT2D eigenvalue weighted by molar-refractivity contribution is 0.127. The highest BCUT2D eigenvalue weighted by Crippen LogP contribution is 2.38. The van der Waals surface area contributed by atoms with E-state index in [0.29, 0.717) is 10.6 Å². The fourth-order valence-corrected chi connectivity index (χ4v) is 3.83. The number of benzene rings is 1. The third-order valence-electron chi connectivity index (χ3n) is 4.87. The van der Waals surface area contributed by atoms with Crippen LogP contribution in [0.2, 0.25) is 0 Å². The van der Waals surface area contributed by atoms with E-state index in [1.807, 2.05) is 12.1 Å². The Morgan fingerprint density at radius 2 is 2.15 bits per heavy atom. The molecule has 3 rings (SSSR count). The van der Waals surface area contributed by atoms with E-state index >= 15 is 0 Å². The Labute approximate surface area is 162 Å². The predicted molar refractivity (Wildman–Crippen MR) is 105 cm³/mol. The number of aromatic nitrogens is 1. The standard InChI is InChI=1S/C20H21F2N3OS/c1-23-19(27)20(15-5-4-10-24-12-15)9-3-2-6-18(20)25-26-13-14-7-8-16(21)17(22)11-14/h4-5,7-8,10-12H,2-3,6,9,13H2,1H3,(H,23,27)/b25-18-. The second-order valence-corrected chi connectivity index (χ2v) is 6.90. The molecule has 27 heavy (non-hydrogen) atoms. The Kier molecular flexibility index (Phi) is 6.11. The molecule has 1 fully saturated rings. The first-order chi connectivity index (χ1) is 13.1. The van der Waals surface area contributed by atoms with Crippen molar-refractivity contribution < 1.29 is 13.6 Å². The molecular weight excluding hydrogens is 368 g/mol. The molecule has 1 unspecified atom stereocenters. The minimum atomic E-state index is -0.900. The number of nitrogens with one attached hydrogen (secondary N) is 1. The summed E-state index contributed by atoms with van der Waals surface area (Å²) in [5.74, 6) is -1.78. The second kappa shape index (κ2) is 8.52. The molecule has 1 aliphatic carbocycles. The van der Waals surface area contributed by atoms with Crippen molar-refractivity contribution in [3.8, 4) is 0 Å². The van der Waals surface area contributed by atoms with Crippen LogP contribution in [0.1, 0.15) is 36.8 Å². The highest BCUT2D eigenvalue weighted by molar-refractivity contribution is 7.80. The van der Waals surface area contributed by atoms with Crippen LogP contribution in [0, 0.1) is 11.6 Å². The van der Waals surface area contributed by atoms with Crippen LogP contribution in [0.3, 0.4) is 0 Å². The van der Waals surface area contributed by atoms with Crippen molar-refractivity contribution in [1.29, 1.82) is 0 Å². The lowest BCUT2D eigenvalue weighted by atomic mass is 9.68. The summed E-state index contributed by atoms with van der Waals surface area (Å²) >= 11 is 5.66. The number of hydrogen-bond donors (Lipinski definition) is 1. The third-order valence-corrected chi connectivity index (χ3v) is 5.42. The van der Waals surface area contributed by atoms with Crippen LogP contribution in [0.4, 0.5) is 8.78 Å². The molecule has 1 heterocycles. The second-order valence-electron chi connectivity index (χ2n) is 6.49. The number of nitrogens with zero attached hydrogens (tertiary/aromatic N) is 2. The largest absolute Gasteiger partial charge is 0.391 e. The summed E-state index contributed by atoms with van der Waals surface area (Å²) in [5.41, 5.74) is 1.74. The van der Waals surface area contributed by atoms with E-state index in [-0.39, 0.29) is 6.61 Å². The van der Waals surface area contributed by atoms with Gasteiger partial charge in [-0.05, 0) is 48.6 Å². The summed E-state index contributed by atoms with van der Waals surface area (Å²) in [5, 5.41) is 7.48. The molecule has 1 aromatic heterocycles. The molecule has 0 radical (unpaired) electrons. The minimum Gasteiger partial charge on any atom is -0.391 e. The van der Waals surface area contributed by atoms with Gasteiger partial charge in [-0.3, -0.25) is 4.98 Å². The van der Waals surface area contributed by atoms with Gasteiger partial charge < -0.3 is 10.2 Å². The lowest BCUT2D eigenvalue weighted by Gasteiger charge is -2.38. The Morgan fingerprint density at radius 3 is 2.85 bits per heavy atom. The Bertz CT molecular complexity index is 844. The van der Waals surface area contributed by atoms with Crippen LogP contribution < -0.4 is 5.32 Å². The first kappa shape index (κ1) is 19.4. The van der Waals surface area contributed by atoms with Crippen LogP contribution in [0.5, 0.6) is 0 Å². The summed E-state index contributed by atoms with van der Waals surface area (Å²) < 4.78 is 26.4. The molecule has 142 valence electrons. The topological polar surface area (TPSA) is 46.5 Å². The maximum atomic E-state index is 13.4. The molecule has 2 aromatic rings. The van der Waals surface area contributed by atoms with Crippen LogP contribution in [0.15, 0.2) is 47.9 Å². The first-order valence-corrected chi connectivity index (χ1v) is 9.24. The zero-order chi connectivity index (χ0) is 19.3. The number of oxime groups is 1. The highest BCUT2D eigenvalue weighted by atomic mass is 32.1. The maximum absolute atomic E-state index is 13.4. The van der Waals surface area contributed by atoms with Crippen LogP contribution >= 0.6 is 12.2 Å². The van der Waals surface area contributed by atoms with Crippen molar-refractivity contribution >= 4 is 22.9 Å². The Balaban J connectivity index is 1.89. The fourth-order valence-electron chi connectivity index (χ4n) is 3.49. The molecule has 0 amide bonds. The molecule has 1 aromatic carbocycles. The lowest BCUT2D eigenvalue weighted by Crippen LogP contribution is -2.50. The Morgan fingerprint density at radius 1 is 1.30 bits per heavy atom. The fraction of sp³-hybridized carbons (Fsp3) is 0.350. The van der Waals surface area contributed by atoms with Crippen LogP contribution in [-0.4, -0.2) is 22.7 Å². The quantitative estimate of drug-likeness (QED) is 0.612. The number of pyridine rings is 1. The van der Waals surface area contributed by atoms with Gasteiger partial charge in [0.2, 0.25) is 0 Å². The molecular formula is C20H21F2N3OS. The highest BCUT2D eigenvalue weighted by Gasteiger charge is 2.44. The van der Waals surface area contributed by atoms with Crippen molar-refractivity contribution in [3.63, 3.8) is 0 Å². The number of halogens is 2. The van der Waals surface area contributed by atoms with Gasteiger partial charge in [-0.15, -0.1) is 0 Å². The summed E-state index contributed by atoms with van der Waals surface area (Å²) in [6.07, 6.45) is 7.08. The summed E-state index contributed by atoms with van der Waals surface area (Å²) in [4.78, 5) is 10.4. The predicted octanol–water partition coefficient (Wildman–Crippen LogP) is 4.29. The van der Waals surface area contributed by atoms with E-state index in [9.17, 15) is 8.78 Å². The number of likely N-dealkylation sites (N-methyl/N-ethyl adjacent to an activating group) is 1. The first-order valence-electron chi connectivity index (χ1n) is 8.84. The molecule has 0 spiro atoms. The van der Waals surface area contributed by atoms with Gasteiger partial charge in [0.05, 0.1) is 16.1 Å². The number of thiocarbonyl (C=S) groups is 1. The van der Waals surface area contributed by atoms with Gasteiger partial charge in [-0.2, -0.15) is 0 Å². The van der Waals surface area contributed by atoms with Gasteiger partial charge in [0, 0.05) is 19.4 Å². The molecule has 7 heteroatoms. The summed E-state index contributed by atoms with van der Waals surface area (Å²) in [7, 11) is 1.80. The van der Waals surface area contributed by atoms with Gasteiger partial charge in [-0.25, -0.2) is 8.78 Å². The van der Waals surface area contributed by atoms with E-state index in [2.05, 4.69) is 15.5 Å². The molecule has 4 nitrogen and oxygen atoms in total. The van der Waals surface area contributed by atoms with Crippen LogP contribution in [-0.2, 0) is 16.9 Å². The van der Waals surface area contributed by atoms with Crippen LogP contribution in [0.25, 0.3) is 0 Å². The molecule has 1 saturated carbocycles. The molecule has 0 aliphatic heterocycles. The monoisotopic (exact) mass is 389 g/mol. The van der Waals surface area contributed by atoms with E-state index < -0.39 is 17.0 Å². The van der Waals surface area contributed by atoms with E-state index in [0.717, 1.165) is 49.1 Å². The van der Waals surface area contributed by atoms with Gasteiger partial charge in [-0.1, -0.05) is 35.9 Å². The third kappa shape index (κ3) is 3.98. The average Bonchev–Trinajstić information content (AvgIpc) is 2.71. The van der Waals surface area contributed by atoms with E-state index in [4.69, 9.17) is 17.1 Å². The zero-order valence-corrected chi connectivity index (χ0v) is 15.9. The normalized spacial score (nSPS) is 21.1. The molecule has 1 N–H and O–H groups in total. The Hall–Kier alpha value is -2.41. The van der Waals surface area contributed by atoms with Crippen molar-refractivity contribution in [2.75, 3.05) is 7.05 Å². The maximum Gasteiger partial charge on any atom is 0.159 e. The molecule has 0 bridgehead atoms. The average molecular weight is 389 g/mol. The molecule has 1 aliphatic rings. The number of rotatable bonds is 5. The van der Waals surface area contributed by atoms with Crippen molar-refractivity contribution in [1.82, 2.24) is 10.3 Å². The minimum absolute atomic E-state index is 0.0517. The summed E-state index contributed by atoms with van der Waals surface area (Å²) in [6.45, 7) is 0.0517. The van der Waals surface area contributed by atoms with Gasteiger partial charge >= 0.3 is 0 Å².